The van der Waals surface area contributed by atoms with Crippen LogP contribution in [0.3, 0.4) is 0 Å². The number of hydrogen-bond donors (Lipinski definition) is 12. The van der Waals surface area contributed by atoms with Crippen molar-refractivity contribution in [2.45, 2.75) is 217 Å². The van der Waals surface area contributed by atoms with Crippen molar-refractivity contribution in [3.05, 3.63) is 105 Å². The van der Waals surface area contributed by atoms with Crippen molar-refractivity contribution in [1.29, 1.82) is 0 Å². The van der Waals surface area contributed by atoms with Crippen LogP contribution in [0.2, 0.25) is 0 Å². The number of ether oxygens (including phenoxy) is 3. The van der Waals surface area contributed by atoms with Crippen LogP contribution in [0.4, 0.5) is 30.6 Å². The Morgan fingerprint density at radius 3 is 1.17 bits per heavy atom. The summed E-state index contributed by atoms with van der Waals surface area (Å²) in [5.41, 5.74) is -15.5. The van der Waals surface area contributed by atoms with Crippen LogP contribution in [0.25, 0.3) is 33.5 Å². The number of rotatable bonds is 29. The number of nitrogens with one attached hydrogen (secondary N) is 3. The zero-order chi connectivity index (χ0) is 120. The number of aliphatic hydroxyl groups excluding tert-OH is 1. The van der Waals surface area contributed by atoms with Crippen molar-refractivity contribution in [3.63, 3.8) is 0 Å². The Hall–Kier alpha value is -7.14. The molecule has 0 bridgehead atoms. The van der Waals surface area contributed by atoms with Gasteiger partial charge in [-0.2, -0.15) is 0 Å². The summed E-state index contributed by atoms with van der Waals surface area (Å²) >= 11 is 0.320. The second-order valence-electron chi connectivity index (χ2n) is 22.0. The zero-order valence-corrected chi connectivity index (χ0v) is 58.0. The van der Waals surface area contributed by atoms with Crippen molar-refractivity contribution in [1.82, 2.24) is 74.9 Å². The molecule has 0 aliphatic heterocycles. The fourth-order valence-electron chi connectivity index (χ4n) is 9.62. The van der Waals surface area contributed by atoms with Gasteiger partial charge < -0.3 is 76.1 Å². The highest BCUT2D eigenvalue weighted by Gasteiger charge is 2.49. The Labute approximate surface area is 695 Å². The molecular weight excluding hydrogens is 1450 g/mol. The highest BCUT2D eigenvalue weighted by atomic mass is 32.2. The van der Waals surface area contributed by atoms with E-state index in [1.54, 1.807) is 0 Å². The van der Waals surface area contributed by atoms with E-state index in [1.807, 2.05) is 0 Å². The maximum absolute atomic E-state index is 14.9. The van der Waals surface area contributed by atoms with E-state index in [0.717, 1.165) is 34.6 Å². The number of thioether (sulfide) groups is 3. The summed E-state index contributed by atoms with van der Waals surface area (Å²) < 4.78 is 467. The Kier molecular flexibility index (Phi) is 12.1. The van der Waals surface area contributed by atoms with Gasteiger partial charge in [-0.3, -0.25) is 0 Å². The van der Waals surface area contributed by atoms with E-state index >= 15 is 0 Å². The summed E-state index contributed by atoms with van der Waals surface area (Å²) in [5, 5.41) is 122. The van der Waals surface area contributed by atoms with Crippen molar-refractivity contribution in [3.8, 4) is 0 Å². The van der Waals surface area contributed by atoms with Gasteiger partial charge in [-0.1, -0.05) is 108 Å². The molecule has 0 spiro atoms. The van der Waals surface area contributed by atoms with Gasteiger partial charge in [-0.15, -0.1) is 15.3 Å². The van der Waals surface area contributed by atoms with Gasteiger partial charge in [0.05, 0.1) is 117 Å². The molecule has 6 saturated carbocycles. The Morgan fingerprint density at radius 2 is 0.841 bits per heavy atom. The van der Waals surface area contributed by atoms with Crippen LogP contribution < -0.4 is 16.0 Å². The fourth-order valence-corrected chi connectivity index (χ4v) is 11.0. The first-order valence-corrected chi connectivity index (χ1v) is 33.1. The summed E-state index contributed by atoms with van der Waals surface area (Å²) in [7, 11) is 0. The molecular formula is C71H91F3N18O12S3. The normalized spacial score (nSPS) is 49.3. The second-order valence-corrected chi connectivity index (χ2v) is 24.5. The first kappa shape index (κ1) is 37.7. The summed E-state index contributed by atoms with van der Waals surface area (Å²) in [4.78, 5) is 24.2. The van der Waals surface area contributed by atoms with Gasteiger partial charge in [0.2, 0.25) is 0 Å². The van der Waals surface area contributed by atoms with Crippen LogP contribution in [0, 0.1) is 38.2 Å². The number of benzene rings is 3. The molecule has 107 heavy (non-hydrogen) atoms. The standard InChI is InChI=1S/2C24H31FN6O4S.C23H29FN6O4S/c2*1-3-8-36-24-27-22(26-16-10-14(16)13-5-4-12(2)15(25)9-13)19-23(28-24)31(30-29-19)17-11-18(35-7-6-32)21(34)20(17)33;1-3-35-23-26-21(25-15-9-13(15)12-5-4-11(2)14(24)8-12)18-22(27-23)30(29-28-18)16-10-17(34-7-6-31)20(33)19(16)32/h2*4-5,9,14,16-18,20-21,32-34H,3,6-8,10-11H2,1-2H3,(H,26,27,28);4-5,8,13,15-17,19-20,31-33H,3,6-7,9-10H2,1-2H3,(H,25,26,27)/t2*14-,16+,17+,18-,20-,21+;13-,15+,16+,17-,19-,20+/m000/s1/i3D2,4D,5D,6D2,8D2,9D,11D2,14D,16D,17D,18D,20D,21D;3D2,4D,5D,8D2,9D,11D2,14D,16D,17D,18D,20D,21D;3D2,4D,5D,6D2,7D2,8D,10D2,13D,15D,16D,17D,19D,20D. The smallest absolute Gasteiger partial charge is 0.191 e. The Bertz CT molecular complexity index is 7190. The van der Waals surface area contributed by atoms with Gasteiger partial charge in [-0.25, -0.2) is 57.1 Å². The lowest BCUT2D eigenvalue weighted by Gasteiger charge is -2.17. The molecule has 6 aliphatic carbocycles. The lowest BCUT2D eigenvalue weighted by atomic mass is 10.1. The van der Waals surface area contributed by atoms with Gasteiger partial charge in [0.1, 0.15) is 53.9 Å². The van der Waals surface area contributed by atoms with E-state index in [-0.39, 0.29) is 66.0 Å². The number of fused-ring (bicyclic) bond motifs is 3. The highest BCUT2D eigenvalue weighted by Crippen LogP contribution is 2.48. The first-order valence-electron chi connectivity index (χ1n) is 55.2. The third-order valence-corrected chi connectivity index (χ3v) is 16.9. The van der Waals surface area contributed by atoms with E-state index in [0.29, 0.717) is 0 Å². The molecule has 0 saturated heterocycles. The van der Waals surface area contributed by atoms with E-state index < -0.39 is 371 Å². The molecule has 0 amide bonds. The second kappa shape index (κ2) is 34.4. The number of halogens is 3. The lowest BCUT2D eigenvalue weighted by molar-refractivity contribution is -0.0629. The summed E-state index contributed by atoms with van der Waals surface area (Å²) in [6.07, 6.45) is -56.1. The van der Waals surface area contributed by atoms with Crippen LogP contribution in [0.1, 0.15) is 208 Å². The summed E-state index contributed by atoms with van der Waals surface area (Å²) in [6.45, 7) is -8.59. The SMILES string of the molecule is [2H]c1c([2H])c([C@]2([2H])C[C@@]2([2H])Nc2nc(SC([2H])([2H])C([2H])([2H])C)nc3c2nnn3[C@]2([2H])C([2H])([2H])[C@]([2H])(OCC([2H])([2H])O)[C@@]([2H])(O)[C@@]2([2H])O)c([2H])c(F)c1C.[2H]c1c([2H])c([C@]2([2H])C[C@@]2([2H])Nc2nc(SC([2H])([2H])C([2H])([2H])C)nc3c2nnn3[C@]2([2H])C([2H])([2H])[C@]([2H])(OCCO)[C@@]([2H])(O)[C@@]2([2H])O)c([2H])c(F)c1C.[2H]c1c([2H])c([C@]2([2H])C[C@@]2([2H])Nc2nc(SC([2H])([2H])C)nc3c2nnn3[C@]2([2H])C([2H])([2H])[C@]([2H])(OC([2H])([2H])C([2H])([2H])O)[C@@]([2H])(O)[C@@]2([2H])O)c([2H])c(F)c1C. The van der Waals surface area contributed by atoms with E-state index in [1.165, 1.54) is 6.92 Å². The van der Waals surface area contributed by atoms with E-state index in [4.69, 9.17) is 76.6 Å². The van der Waals surface area contributed by atoms with Crippen molar-refractivity contribution >= 4 is 86.2 Å². The zero-order valence-electron chi connectivity index (χ0n) is 105. The Balaban J connectivity index is 0.000000194. The largest absolute Gasteiger partial charge is 0.394 e. The molecule has 6 heterocycles. The van der Waals surface area contributed by atoms with Crippen LogP contribution in [-0.2, 0) is 14.2 Å². The van der Waals surface area contributed by atoms with Gasteiger partial charge >= 0.3 is 0 Å². The van der Waals surface area contributed by atoms with Crippen LogP contribution in [-0.4, -0.2) is 250 Å². The summed E-state index contributed by atoms with van der Waals surface area (Å²) in [6, 6.07) is -25.5. The number of anilines is 3. The molecule has 0 radical (unpaired) electrons. The van der Waals surface area contributed by atoms with Crippen LogP contribution >= 0.6 is 35.3 Å². The average Bonchev–Trinajstić information content (AvgIpc) is 1.48. The van der Waals surface area contributed by atoms with Crippen molar-refractivity contribution < 1.29 is 141 Å². The van der Waals surface area contributed by atoms with Gasteiger partial charge in [0.15, 0.2) is 66.4 Å². The minimum Gasteiger partial charge on any atom is -0.394 e. The summed E-state index contributed by atoms with van der Waals surface area (Å²) in [5.74, 6) is -12.5. The quantitative estimate of drug-likeness (QED) is 0.0184. The molecule has 30 nitrogen and oxygen atoms in total. The van der Waals surface area contributed by atoms with Gasteiger partial charge in [0, 0.05) is 92.3 Å². The first-order chi connectivity index (χ1) is 69.7. The molecule has 6 aromatic heterocycles. The minimum absolute atomic E-state index is 0.00150. The predicted molar refractivity (Wildman–Crippen MR) is 393 cm³/mol. The third-order valence-electron chi connectivity index (χ3n) is 15.0. The van der Waals surface area contributed by atoms with Crippen molar-refractivity contribution in [2.75, 3.05) is 72.6 Å². The lowest BCUT2D eigenvalue weighted by Crippen LogP contribution is -2.33. The van der Waals surface area contributed by atoms with E-state index in [2.05, 4.69) is 81.5 Å². The Morgan fingerprint density at radius 1 is 0.495 bits per heavy atom. The molecule has 6 aliphatic rings. The number of aromatic nitrogens is 15. The van der Waals surface area contributed by atoms with Gasteiger partial charge in [-0.05, 0) is 110 Å². The molecule has 9 aromatic rings. The molecule has 15 rings (SSSR count). The van der Waals surface area contributed by atoms with Crippen molar-refractivity contribution in [2.24, 2.45) is 0 Å². The molecule has 3 aromatic carbocycles. The fraction of sp³-hybridized carbons (Fsp3) is 0.577. The molecule has 576 valence electrons. The van der Waals surface area contributed by atoms with Crippen LogP contribution in [0.15, 0.2) is 69.9 Å². The average molecular weight is 1590 g/mol. The maximum Gasteiger partial charge on any atom is 0.191 e. The van der Waals surface area contributed by atoms with E-state index in [9.17, 15) is 59.1 Å². The third kappa shape index (κ3) is 17.3. The number of nitrogens with zero attached hydrogens (tertiary/aromatic N) is 15. The molecule has 18 atom stereocenters. The molecule has 6 fully saturated rings. The molecule has 36 heteroatoms. The predicted octanol–water partition coefficient (Wildman–Crippen LogP) is 6.16. The number of hydrogen-bond acceptors (Lipinski definition) is 30. The minimum atomic E-state index is -4.42. The molecule has 0 unspecified atom stereocenters. The monoisotopic (exact) mass is 1590 g/mol. The topological polar surface area (TPSA) is 415 Å². The van der Waals surface area contributed by atoms with Gasteiger partial charge in [0.25, 0.3) is 0 Å². The maximum atomic E-state index is 14.9. The molecule has 12 N–H and O–H groups in total. The van der Waals surface area contributed by atoms with Crippen LogP contribution in [0.5, 0.6) is 0 Å². The number of aliphatic hydroxyl groups is 9. The highest BCUT2D eigenvalue weighted by molar-refractivity contribution is 7.99.